The summed E-state index contributed by atoms with van der Waals surface area (Å²) >= 11 is 1.30. The van der Waals surface area contributed by atoms with Crippen molar-refractivity contribution < 1.29 is 9.18 Å². The number of nitrogens with one attached hydrogen (secondary N) is 1. The van der Waals surface area contributed by atoms with Crippen molar-refractivity contribution in [3.63, 3.8) is 0 Å². The molecule has 0 fully saturated rings. The molecule has 2 aromatic carbocycles. The number of aryl methyl sites for hydroxylation is 1. The molecular weight excluding hydrogens is 377 g/mol. The second-order valence-corrected chi connectivity index (χ2v) is 7.17. The molecule has 0 aliphatic rings. The van der Waals surface area contributed by atoms with E-state index < -0.39 is 0 Å². The molecule has 0 atom stereocenters. The first kappa shape index (κ1) is 18.1. The van der Waals surface area contributed by atoms with E-state index in [0.717, 1.165) is 11.1 Å². The molecule has 2 heterocycles. The number of benzene rings is 2. The SMILES string of the molecule is Cc1ccc(-c2nnc3ccc(SCC(=O)Nc4ccc(F)cc4)nn23)cc1. The predicted molar refractivity (Wildman–Crippen MR) is 107 cm³/mol. The minimum atomic E-state index is -0.344. The fraction of sp³-hybridized carbons (Fsp3) is 0.100. The maximum absolute atomic E-state index is 12.9. The minimum Gasteiger partial charge on any atom is -0.325 e. The fourth-order valence-electron chi connectivity index (χ4n) is 2.60. The van der Waals surface area contributed by atoms with Crippen LogP contribution in [0.2, 0.25) is 0 Å². The lowest BCUT2D eigenvalue weighted by Crippen LogP contribution is -2.14. The second kappa shape index (κ2) is 7.77. The Labute approximate surface area is 164 Å². The lowest BCUT2D eigenvalue weighted by Gasteiger charge is -2.05. The Balaban J connectivity index is 1.48. The molecule has 0 saturated heterocycles. The molecule has 4 rings (SSSR count). The summed E-state index contributed by atoms with van der Waals surface area (Å²) in [7, 11) is 0. The largest absolute Gasteiger partial charge is 0.325 e. The molecule has 1 amide bonds. The molecule has 0 spiro atoms. The standard InChI is InChI=1S/C20H16FN5OS/c1-13-2-4-14(5-3-13)20-24-23-17-10-11-19(25-26(17)20)28-12-18(27)22-16-8-6-15(21)7-9-16/h2-11H,12H2,1H3,(H,22,27). The van der Waals surface area contributed by atoms with Crippen molar-refractivity contribution in [2.75, 3.05) is 11.1 Å². The number of amides is 1. The van der Waals surface area contributed by atoms with Gasteiger partial charge in [0.2, 0.25) is 5.91 Å². The summed E-state index contributed by atoms with van der Waals surface area (Å²) in [4.78, 5) is 12.1. The quantitative estimate of drug-likeness (QED) is 0.520. The van der Waals surface area contributed by atoms with Gasteiger partial charge in [0.05, 0.1) is 5.75 Å². The normalized spacial score (nSPS) is 10.9. The van der Waals surface area contributed by atoms with E-state index in [9.17, 15) is 9.18 Å². The van der Waals surface area contributed by atoms with Crippen LogP contribution in [0, 0.1) is 12.7 Å². The van der Waals surface area contributed by atoms with Gasteiger partial charge >= 0.3 is 0 Å². The third kappa shape index (κ3) is 4.01. The average molecular weight is 393 g/mol. The highest BCUT2D eigenvalue weighted by atomic mass is 32.2. The van der Waals surface area contributed by atoms with Crippen molar-refractivity contribution in [2.45, 2.75) is 11.9 Å². The van der Waals surface area contributed by atoms with Crippen LogP contribution in [-0.4, -0.2) is 31.5 Å². The maximum Gasteiger partial charge on any atom is 0.234 e. The van der Waals surface area contributed by atoms with Crippen molar-refractivity contribution in [2.24, 2.45) is 0 Å². The highest BCUT2D eigenvalue weighted by Crippen LogP contribution is 2.21. The van der Waals surface area contributed by atoms with Gasteiger partial charge in [0.25, 0.3) is 0 Å². The fourth-order valence-corrected chi connectivity index (χ4v) is 3.26. The Hall–Kier alpha value is -3.26. The van der Waals surface area contributed by atoms with Gasteiger partial charge in [0.15, 0.2) is 11.5 Å². The van der Waals surface area contributed by atoms with Crippen molar-refractivity contribution in [1.29, 1.82) is 0 Å². The van der Waals surface area contributed by atoms with E-state index in [4.69, 9.17) is 0 Å². The number of aromatic nitrogens is 4. The average Bonchev–Trinajstić information content (AvgIpc) is 3.12. The molecule has 2 aromatic heterocycles. The molecule has 28 heavy (non-hydrogen) atoms. The Morgan fingerprint density at radius 3 is 2.54 bits per heavy atom. The van der Waals surface area contributed by atoms with Gasteiger partial charge in [-0.05, 0) is 43.3 Å². The molecule has 0 radical (unpaired) electrons. The topological polar surface area (TPSA) is 72.2 Å². The van der Waals surface area contributed by atoms with Crippen molar-refractivity contribution >= 4 is 29.0 Å². The van der Waals surface area contributed by atoms with Crippen LogP contribution >= 0.6 is 11.8 Å². The van der Waals surface area contributed by atoms with Crippen molar-refractivity contribution in [1.82, 2.24) is 19.8 Å². The van der Waals surface area contributed by atoms with Gasteiger partial charge in [-0.25, -0.2) is 4.39 Å². The molecule has 0 aliphatic carbocycles. The molecule has 0 aliphatic heterocycles. The van der Waals surface area contributed by atoms with Crippen LogP contribution in [0.15, 0.2) is 65.7 Å². The van der Waals surface area contributed by atoms with Crippen LogP contribution in [0.3, 0.4) is 0 Å². The first-order valence-corrected chi connectivity index (χ1v) is 9.55. The zero-order chi connectivity index (χ0) is 19.5. The van der Waals surface area contributed by atoms with Gasteiger partial charge in [-0.3, -0.25) is 4.79 Å². The highest BCUT2D eigenvalue weighted by Gasteiger charge is 2.11. The van der Waals surface area contributed by atoms with E-state index in [1.54, 1.807) is 10.6 Å². The molecule has 8 heteroatoms. The second-order valence-electron chi connectivity index (χ2n) is 6.17. The third-order valence-electron chi connectivity index (χ3n) is 4.03. The van der Waals surface area contributed by atoms with Crippen LogP contribution in [0.1, 0.15) is 5.56 Å². The van der Waals surface area contributed by atoms with Gasteiger partial charge in [0, 0.05) is 11.3 Å². The van der Waals surface area contributed by atoms with Crippen LogP contribution in [0.25, 0.3) is 17.0 Å². The summed E-state index contributed by atoms with van der Waals surface area (Å²) in [6.07, 6.45) is 0. The van der Waals surface area contributed by atoms with Crippen molar-refractivity contribution in [3.8, 4) is 11.4 Å². The maximum atomic E-state index is 12.9. The van der Waals surface area contributed by atoms with Crippen molar-refractivity contribution in [3.05, 3.63) is 72.0 Å². The van der Waals surface area contributed by atoms with Crippen LogP contribution < -0.4 is 5.32 Å². The highest BCUT2D eigenvalue weighted by molar-refractivity contribution is 7.99. The molecule has 4 aromatic rings. The number of fused-ring (bicyclic) bond motifs is 1. The van der Waals surface area contributed by atoms with E-state index in [2.05, 4.69) is 20.6 Å². The number of halogens is 1. The van der Waals surface area contributed by atoms with Crippen LogP contribution in [0.4, 0.5) is 10.1 Å². The van der Waals surface area contributed by atoms with Crippen LogP contribution in [-0.2, 0) is 4.79 Å². The molecule has 0 bridgehead atoms. The smallest absolute Gasteiger partial charge is 0.234 e. The van der Waals surface area contributed by atoms with Gasteiger partial charge in [-0.2, -0.15) is 9.61 Å². The van der Waals surface area contributed by atoms with Gasteiger partial charge in [0.1, 0.15) is 10.8 Å². The summed E-state index contributed by atoms with van der Waals surface area (Å²) in [6, 6.07) is 17.2. The number of rotatable bonds is 5. The number of nitrogens with zero attached hydrogens (tertiary/aromatic N) is 4. The Morgan fingerprint density at radius 2 is 1.79 bits per heavy atom. The number of hydrogen-bond donors (Lipinski definition) is 1. The molecule has 0 saturated carbocycles. The summed E-state index contributed by atoms with van der Waals surface area (Å²) in [5, 5.41) is 16.3. The zero-order valence-corrected chi connectivity index (χ0v) is 15.8. The number of hydrogen-bond acceptors (Lipinski definition) is 5. The lowest BCUT2D eigenvalue weighted by atomic mass is 10.1. The minimum absolute atomic E-state index is 0.178. The van der Waals surface area contributed by atoms with E-state index in [0.29, 0.717) is 22.2 Å². The van der Waals surface area contributed by atoms with E-state index in [1.165, 1.54) is 36.0 Å². The van der Waals surface area contributed by atoms with E-state index in [-0.39, 0.29) is 17.5 Å². The molecule has 1 N–H and O–H groups in total. The van der Waals surface area contributed by atoms with Crippen LogP contribution in [0.5, 0.6) is 0 Å². The molecule has 140 valence electrons. The molecule has 6 nitrogen and oxygen atoms in total. The predicted octanol–water partition coefficient (Wildman–Crippen LogP) is 3.97. The zero-order valence-electron chi connectivity index (χ0n) is 15.0. The number of carbonyl (C=O) groups excluding carboxylic acids is 1. The van der Waals surface area contributed by atoms with Gasteiger partial charge < -0.3 is 5.32 Å². The first-order chi connectivity index (χ1) is 13.6. The molecular formula is C20H16FN5OS. The summed E-state index contributed by atoms with van der Waals surface area (Å²) in [6.45, 7) is 2.02. The van der Waals surface area contributed by atoms with E-state index in [1.807, 2.05) is 37.3 Å². The Kier molecular flexibility index (Phi) is 5.03. The summed E-state index contributed by atoms with van der Waals surface area (Å²) in [5.74, 6) is 0.287. The number of carbonyl (C=O) groups is 1. The van der Waals surface area contributed by atoms with Gasteiger partial charge in [-0.1, -0.05) is 41.6 Å². The summed E-state index contributed by atoms with van der Waals surface area (Å²) < 4.78 is 14.6. The Morgan fingerprint density at radius 1 is 1.04 bits per heavy atom. The summed E-state index contributed by atoms with van der Waals surface area (Å²) in [5.41, 5.74) is 3.27. The Bertz CT molecular complexity index is 1130. The monoisotopic (exact) mass is 393 g/mol. The first-order valence-electron chi connectivity index (χ1n) is 8.56. The number of thioether (sulfide) groups is 1. The van der Waals surface area contributed by atoms with Gasteiger partial charge in [-0.15, -0.1) is 10.2 Å². The van der Waals surface area contributed by atoms with E-state index >= 15 is 0 Å². The third-order valence-corrected chi connectivity index (χ3v) is 4.95. The molecule has 0 unspecified atom stereocenters. The lowest BCUT2D eigenvalue weighted by molar-refractivity contribution is -0.113. The number of anilines is 1.